The monoisotopic (exact) mass is 338 g/mol. The number of nitrogens with one attached hydrogen (secondary N) is 2. The van der Waals surface area contributed by atoms with Gasteiger partial charge in [0.2, 0.25) is 5.91 Å². The highest BCUT2D eigenvalue weighted by Crippen LogP contribution is 2.17. The van der Waals surface area contributed by atoms with E-state index in [9.17, 15) is 14.4 Å². The summed E-state index contributed by atoms with van der Waals surface area (Å²) in [6.07, 6.45) is 1.65. The quantitative estimate of drug-likeness (QED) is 0.730. The second-order valence-corrected chi connectivity index (χ2v) is 5.49. The van der Waals surface area contributed by atoms with Crippen LogP contribution in [0.4, 0.5) is 11.4 Å². The van der Waals surface area contributed by atoms with E-state index in [1.54, 1.807) is 18.2 Å². The summed E-state index contributed by atoms with van der Waals surface area (Å²) < 4.78 is 0. The number of carbonyl (C=O) groups excluding carboxylic acids is 2. The molecule has 0 bridgehead atoms. The van der Waals surface area contributed by atoms with Crippen LogP contribution in [-0.2, 0) is 9.59 Å². The molecule has 0 unspecified atom stereocenters. The van der Waals surface area contributed by atoms with Crippen LogP contribution in [0.25, 0.3) is 0 Å². The zero-order chi connectivity index (χ0) is 18.4. The summed E-state index contributed by atoms with van der Waals surface area (Å²) in [6.45, 7) is 3.96. The zero-order valence-corrected chi connectivity index (χ0v) is 13.9. The van der Waals surface area contributed by atoms with Crippen molar-refractivity contribution in [3.63, 3.8) is 0 Å². The lowest BCUT2D eigenvalue weighted by Crippen LogP contribution is -2.13. The minimum atomic E-state index is -1.21. The van der Waals surface area contributed by atoms with Crippen LogP contribution in [0.2, 0.25) is 0 Å². The molecule has 2 amide bonds. The van der Waals surface area contributed by atoms with Crippen LogP contribution in [0.1, 0.15) is 21.5 Å². The zero-order valence-electron chi connectivity index (χ0n) is 13.9. The summed E-state index contributed by atoms with van der Waals surface area (Å²) in [6, 6.07) is 12.0. The van der Waals surface area contributed by atoms with Gasteiger partial charge in [0.25, 0.3) is 5.91 Å². The predicted octanol–water partition coefficient (Wildman–Crippen LogP) is 3.14. The van der Waals surface area contributed by atoms with Crippen LogP contribution < -0.4 is 10.6 Å². The molecule has 2 rings (SSSR count). The third-order valence-electron chi connectivity index (χ3n) is 3.53. The van der Waals surface area contributed by atoms with Crippen molar-refractivity contribution >= 4 is 29.2 Å². The van der Waals surface area contributed by atoms with Gasteiger partial charge >= 0.3 is 5.97 Å². The normalized spacial score (nSPS) is 10.5. The Kier molecular flexibility index (Phi) is 5.68. The van der Waals surface area contributed by atoms with E-state index in [-0.39, 0.29) is 5.91 Å². The van der Waals surface area contributed by atoms with Gasteiger partial charge < -0.3 is 15.7 Å². The number of aryl methyl sites for hydroxylation is 2. The highest BCUT2D eigenvalue weighted by atomic mass is 16.4. The maximum atomic E-state index is 12.3. The number of carboxylic acids is 1. The maximum Gasteiger partial charge on any atom is 0.328 e. The Morgan fingerprint density at radius 1 is 0.880 bits per heavy atom. The first kappa shape index (κ1) is 17.9. The summed E-state index contributed by atoms with van der Waals surface area (Å²) in [7, 11) is 0. The molecule has 0 aromatic heterocycles. The Hall–Kier alpha value is -3.41. The van der Waals surface area contributed by atoms with Crippen LogP contribution >= 0.6 is 0 Å². The van der Waals surface area contributed by atoms with Gasteiger partial charge in [0.15, 0.2) is 0 Å². The van der Waals surface area contributed by atoms with Gasteiger partial charge in [0.05, 0.1) is 0 Å². The molecule has 25 heavy (non-hydrogen) atoms. The summed E-state index contributed by atoms with van der Waals surface area (Å²) in [5.41, 5.74) is 3.67. The van der Waals surface area contributed by atoms with Gasteiger partial charge in [-0.25, -0.2) is 4.79 Å². The molecule has 0 fully saturated rings. The molecule has 6 heteroatoms. The van der Waals surface area contributed by atoms with Crippen LogP contribution in [0.5, 0.6) is 0 Å². The van der Waals surface area contributed by atoms with Crippen molar-refractivity contribution < 1.29 is 19.5 Å². The molecule has 2 aromatic rings. The lowest BCUT2D eigenvalue weighted by molar-refractivity contribution is -0.131. The minimum absolute atomic E-state index is 0.305. The smallest absolute Gasteiger partial charge is 0.328 e. The van der Waals surface area contributed by atoms with Crippen LogP contribution in [-0.4, -0.2) is 22.9 Å². The number of aliphatic carboxylic acids is 1. The van der Waals surface area contributed by atoms with E-state index in [4.69, 9.17) is 5.11 Å². The van der Waals surface area contributed by atoms with Gasteiger partial charge in [-0.2, -0.15) is 0 Å². The molecule has 128 valence electrons. The third kappa shape index (κ3) is 5.31. The highest BCUT2D eigenvalue weighted by molar-refractivity contribution is 6.06. The summed E-state index contributed by atoms with van der Waals surface area (Å²) in [5.74, 6) is -2.11. The highest BCUT2D eigenvalue weighted by Gasteiger charge is 2.08. The molecule has 2 aromatic carbocycles. The van der Waals surface area contributed by atoms with Gasteiger partial charge in [-0.15, -0.1) is 0 Å². The summed E-state index contributed by atoms with van der Waals surface area (Å²) >= 11 is 0. The Morgan fingerprint density at radius 3 is 2.28 bits per heavy atom. The largest absolute Gasteiger partial charge is 0.478 e. The lowest BCUT2D eigenvalue weighted by atomic mass is 10.1. The van der Waals surface area contributed by atoms with Crippen LogP contribution in [0.15, 0.2) is 54.6 Å². The van der Waals surface area contributed by atoms with Crippen molar-refractivity contribution in [2.45, 2.75) is 13.8 Å². The summed E-state index contributed by atoms with van der Waals surface area (Å²) in [5, 5.41) is 13.8. The average Bonchev–Trinajstić information content (AvgIpc) is 2.56. The maximum absolute atomic E-state index is 12.3. The molecule has 0 aliphatic heterocycles. The molecule has 0 heterocycles. The van der Waals surface area contributed by atoms with E-state index >= 15 is 0 Å². The van der Waals surface area contributed by atoms with E-state index in [0.29, 0.717) is 16.9 Å². The van der Waals surface area contributed by atoms with E-state index in [0.717, 1.165) is 23.3 Å². The molecule has 0 saturated carbocycles. The Bertz CT molecular complexity index is 856. The molecule has 0 atom stereocenters. The number of benzene rings is 2. The second kappa shape index (κ2) is 7.92. The molecule has 0 radical (unpaired) electrons. The second-order valence-electron chi connectivity index (χ2n) is 5.49. The number of rotatable bonds is 5. The van der Waals surface area contributed by atoms with Gasteiger partial charge in [-0.1, -0.05) is 12.1 Å². The Balaban J connectivity index is 2.09. The average molecular weight is 338 g/mol. The van der Waals surface area contributed by atoms with Crippen molar-refractivity contribution in [3.05, 3.63) is 71.3 Å². The van der Waals surface area contributed by atoms with Crippen molar-refractivity contribution in [2.75, 3.05) is 10.6 Å². The predicted molar refractivity (Wildman–Crippen MR) is 95.7 cm³/mol. The van der Waals surface area contributed by atoms with Crippen LogP contribution in [0, 0.1) is 13.8 Å². The van der Waals surface area contributed by atoms with Crippen molar-refractivity contribution in [3.8, 4) is 0 Å². The number of amides is 2. The van der Waals surface area contributed by atoms with E-state index in [2.05, 4.69) is 10.6 Å². The molecule has 0 aliphatic rings. The van der Waals surface area contributed by atoms with Gasteiger partial charge in [0, 0.05) is 29.1 Å². The third-order valence-corrected chi connectivity index (χ3v) is 3.53. The fourth-order valence-corrected chi connectivity index (χ4v) is 2.09. The van der Waals surface area contributed by atoms with E-state index < -0.39 is 11.9 Å². The molecular weight excluding hydrogens is 320 g/mol. The summed E-state index contributed by atoms with van der Waals surface area (Å²) in [4.78, 5) is 34.3. The topological polar surface area (TPSA) is 95.5 Å². The minimum Gasteiger partial charge on any atom is -0.478 e. The Labute approximate surface area is 145 Å². The van der Waals surface area contributed by atoms with E-state index in [1.807, 2.05) is 32.0 Å². The molecule has 3 N–H and O–H groups in total. The molecule has 0 saturated heterocycles. The molecule has 0 spiro atoms. The first-order valence-corrected chi connectivity index (χ1v) is 7.56. The number of hydrogen-bond donors (Lipinski definition) is 3. The Morgan fingerprint density at radius 2 is 1.60 bits per heavy atom. The first-order valence-electron chi connectivity index (χ1n) is 7.56. The van der Waals surface area contributed by atoms with Crippen molar-refractivity contribution in [1.29, 1.82) is 0 Å². The van der Waals surface area contributed by atoms with E-state index in [1.165, 1.54) is 6.07 Å². The first-order chi connectivity index (χ1) is 11.8. The SMILES string of the molecule is Cc1ccc(NC(=O)c2cccc(NC(=O)/C=C\C(=O)O)c2)cc1C. The molecule has 0 aliphatic carbocycles. The van der Waals surface area contributed by atoms with Crippen LogP contribution in [0.3, 0.4) is 0 Å². The number of carbonyl (C=O) groups is 3. The van der Waals surface area contributed by atoms with Gasteiger partial charge in [-0.05, 0) is 55.3 Å². The van der Waals surface area contributed by atoms with Crippen molar-refractivity contribution in [1.82, 2.24) is 0 Å². The fraction of sp³-hybridized carbons (Fsp3) is 0.105. The fourth-order valence-electron chi connectivity index (χ4n) is 2.09. The standard InChI is InChI=1S/C19H18N2O4/c1-12-6-7-16(10-13(12)2)21-19(25)14-4-3-5-15(11-14)20-17(22)8-9-18(23)24/h3-11H,1-2H3,(H,20,22)(H,21,25)(H,23,24)/b9-8-. The number of anilines is 2. The number of hydrogen-bond acceptors (Lipinski definition) is 3. The van der Waals surface area contributed by atoms with Gasteiger partial charge in [0.1, 0.15) is 0 Å². The molecular formula is C19H18N2O4. The number of carboxylic acid groups (broad SMARTS) is 1. The van der Waals surface area contributed by atoms with Crippen molar-refractivity contribution in [2.24, 2.45) is 0 Å². The lowest BCUT2D eigenvalue weighted by Gasteiger charge is -2.09. The molecule has 6 nitrogen and oxygen atoms in total. The van der Waals surface area contributed by atoms with Gasteiger partial charge in [-0.3, -0.25) is 9.59 Å².